The number of hydrogen-bond acceptors (Lipinski definition) is 1. The second-order valence-corrected chi connectivity index (χ2v) is 2.99. The third kappa shape index (κ3) is 4.57. The standard InChI is InChI=1S/C9H19N/c1-5-6-10-7-9(4)8(2)3/h8,10H,4-7H2,1-3H3. The fourth-order valence-corrected chi connectivity index (χ4v) is 0.630. The fraction of sp³-hybridized carbons (Fsp3) is 0.778. The van der Waals surface area contributed by atoms with Crippen LogP contribution in [0.1, 0.15) is 27.2 Å². The molecule has 0 rings (SSSR count). The van der Waals surface area contributed by atoms with Gasteiger partial charge in [0.25, 0.3) is 0 Å². The van der Waals surface area contributed by atoms with Gasteiger partial charge in [0.1, 0.15) is 0 Å². The molecule has 0 bridgehead atoms. The van der Waals surface area contributed by atoms with Gasteiger partial charge >= 0.3 is 0 Å². The highest BCUT2D eigenvalue weighted by molar-refractivity contribution is 4.99. The highest BCUT2D eigenvalue weighted by Crippen LogP contribution is 2.03. The van der Waals surface area contributed by atoms with Crippen molar-refractivity contribution in [1.29, 1.82) is 0 Å². The lowest BCUT2D eigenvalue weighted by Gasteiger charge is -2.09. The molecular formula is C9H19N. The molecule has 0 saturated heterocycles. The average molecular weight is 141 g/mol. The van der Waals surface area contributed by atoms with E-state index in [0.29, 0.717) is 5.92 Å². The average Bonchev–Trinajstić information content (AvgIpc) is 1.88. The van der Waals surface area contributed by atoms with Crippen molar-refractivity contribution in [2.45, 2.75) is 27.2 Å². The molecule has 0 radical (unpaired) electrons. The number of hydrogen-bond donors (Lipinski definition) is 1. The summed E-state index contributed by atoms with van der Waals surface area (Å²) < 4.78 is 0. The van der Waals surface area contributed by atoms with E-state index in [4.69, 9.17) is 0 Å². The first-order valence-electron chi connectivity index (χ1n) is 4.06. The third-order valence-electron chi connectivity index (χ3n) is 1.60. The predicted molar refractivity (Wildman–Crippen MR) is 47.1 cm³/mol. The summed E-state index contributed by atoms with van der Waals surface area (Å²) in [6, 6.07) is 0. The second-order valence-electron chi connectivity index (χ2n) is 2.99. The van der Waals surface area contributed by atoms with Crippen molar-refractivity contribution < 1.29 is 0 Å². The van der Waals surface area contributed by atoms with E-state index in [0.717, 1.165) is 13.1 Å². The highest BCUT2D eigenvalue weighted by atomic mass is 14.8. The molecule has 0 aliphatic heterocycles. The first-order chi connectivity index (χ1) is 4.68. The van der Waals surface area contributed by atoms with Gasteiger partial charge in [-0.25, -0.2) is 0 Å². The van der Waals surface area contributed by atoms with Crippen molar-refractivity contribution in [1.82, 2.24) is 5.32 Å². The Kier molecular flexibility index (Phi) is 5.32. The molecule has 1 heteroatoms. The molecule has 10 heavy (non-hydrogen) atoms. The summed E-state index contributed by atoms with van der Waals surface area (Å²) in [7, 11) is 0. The molecule has 0 spiro atoms. The Hall–Kier alpha value is -0.300. The summed E-state index contributed by atoms with van der Waals surface area (Å²) in [6.07, 6.45) is 1.20. The second kappa shape index (κ2) is 5.48. The summed E-state index contributed by atoms with van der Waals surface area (Å²) in [5.74, 6) is 0.615. The fourth-order valence-electron chi connectivity index (χ4n) is 0.630. The quantitative estimate of drug-likeness (QED) is 0.457. The Labute approximate surface area is 64.5 Å². The molecule has 1 nitrogen and oxygen atoms in total. The van der Waals surface area contributed by atoms with Gasteiger partial charge in [0.05, 0.1) is 0 Å². The number of rotatable bonds is 5. The Morgan fingerprint density at radius 2 is 2.10 bits per heavy atom. The smallest absolute Gasteiger partial charge is 0.0164 e. The first kappa shape index (κ1) is 9.70. The maximum atomic E-state index is 3.96. The van der Waals surface area contributed by atoms with Crippen molar-refractivity contribution in [3.63, 3.8) is 0 Å². The normalized spacial score (nSPS) is 10.4. The van der Waals surface area contributed by atoms with Crippen LogP contribution >= 0.6 is 0 Å². The minimum Gasteiger partial charge on any atom is -0.313 e. The van der Waals surface area contributed by atoms with Crippen LogP contribution in [0.3, 0.4) is 0 Å². The van der Waals surface area contributed by atoms with Crippen LogP contribution in [0, 0.1) is 5.92 Å². The van der Waals surface area contributed by atoms with Gasteiger partial charge in [0.2, 0.25) is 0 Å². The molecule has 0 atom stereocenters. The van der Waals surface area contributed by atoms with Crippen LogP contribution in [-0.2, 0) is 0 Å². The molecule has 0 aliphatic carbocycles. The van der Waals surface area contributed by atoms with Gasteiger partial charge in [-0.1, -0.05) is 32.9 Å². The lowest BCUT2D eigenvalue weighted by Crippen LogP contribution is -2.19. The van der Waals surface area contributed by atoms with Crippen LogP contribution in [0.25, 0.3) is 0 Å². The zero-order chi connectivity index (χ0) is 7.98. The minimum absolute atomic E-state index is 0.615. The zero-order valence-corrected chi connectivity index (χ0v) is 7.41. The molecule has 0 aliphatic rings. The van der Waals surface area contributed by atoms with E-state index in [2.05, 4.69) is 32.7 Å². The van der Waals surface area contributed by atoms with Crippen molar-refractivity contribution in [2.75, 3.05) is 13.1 Å². The van der Waals surface area contributed by atoms with Crippen LogP contribution in [-0.4, -0.2) is 13.1 Å². The molecule has 0 aromatic heterocycles. The molecule has 0 aromatic rings. The topological polar surface area (TPSA) is 12.0 Å². The third-order valence-corrected chi connectivity index (χ3v) is 1.60. The monoisotopic (exact) mass is 141 g/mol. The van der Waals surface area contributed by atoms with E-state index in [1.807, 2.05) is 0 Å². The van der Waals surface area contributed by atoms with Crippen LogP contribution in [0.15, 0.2) is 12.2 Å². The summed E-state index contributed by atoms with van der Waals surface area (Å²) in [5.41, 5.74) is 1.30. The van der Waals surface area contributed by atoms with Gasteiger partial charge in [-0.3, -0.25) is 0 Å². The van der Waals surface area contributed by atoms with E-state index in [1.165, 1.54) is 12.0 Å². The van der Waals surface area contributed by atoms with Crippen LogP contribution in [0.2, 0.25) is 0 Å². The van der Waals surface area contributed by atoms with E-state index < -0.39 is 0 Å². The van der Waals surface area contributed by atoms with Crippen molar-refractivity contribution in [3.05, 3.63) is 12.2 Å². The van der Waals surface area contributed by atoms with Crippen LogP contribution in [0.4, 0.5) is 0 Å². The summed E-state index contributed by atoms with van der Waals surface area (Å²) in [6.45, 7) is 12.6. The summed E-state index contributed by atoms with van der Waals surface area (Å²) in [5, 5.41) is 3.32. The predicted octanol–water partition coefficient (Wildman–Crippen LogP) is 2.20. The lowest BCUT2D eigenvalue weighted by molar-refractivity contribution is 0.655. The molecule has 60 valence electrons. The van der Waals surface area contributed by atoms with E-state index in [1.54, 1.807) is 0 Å². The molecule has 0 saturated carbocycles. The minimum atomic E-state index is 0.615. The Morgan fingerprint density at radius 1 is 1.50 bits per heavy atom. The summed E-state index contributed by atoms with van der Waals surface area (Å²) >= 11 is 0. The molecule has 0 unspecified atom stereocenters. The van der Waals surface area contributed by atoms with Crippen LogP contribution < -0.4 is 5.32 Å². The van der Waals surface area contributed by atoms with Gasteiger partial charge in [-0.2, -0.15) is 0 Å². The van der Waals surface area contributed by atoms with Crippen molar-refractivity contribution in [3.8, 4) is 0 Å². The first-order valence-corrected chi connectivity index (χ1v) is 4.06. The molecule has 1 N–H and O–H groups in total. The van der Waals surface area contributed by atoms with Crippen molar-refractivity contribution in [2.24, 2.45) is 5.92 Å². The Bertz CT molecular complexity index is 94.9. The number of nitrogens with one attached hydrogen (secondary N) is 1. The molecule has 0 aromatic carbocycles. The zero-order valence-electron chi connectivity index (χ0n) is 7.41. The van der Waals surface area contributed by atoms with Gasteiger partial charge in [0.15, 0.2) is 0 Å². The van der Waals surface area contributed by atoms with E-state index in [-0.39, 0.29) is 0 Å². The SMILES string of the molecule is C=C(CNCCC)C(C)C. The maximum absolute atomic E-state index is 3.96. The molecule has 0 heterocycles. The summed E-state index contributed by atoms with van der Waals surface area (Å²) in [4.78, 5) is 0. The molecule has 0 fully saturated rings. The lowest BCUT2D eigenvalue weighted by atomic mass is 10.1. The van der Waals surface area contributed by atoms with Crippen LogP contribution in [0.5, 0.6) is 0 Å². The van der Waals surface area contributed by atoms with Gasteiger partial charge < -0.3 is 5.32 Å². The molecule has 0 amide bonds. The van der Waals surface area contributed by atoms with Gasteiger partial charge in [0, 0.05) is 6.54 Å². The largest absolute Gasteiger partial charge is 0.313 e. The maximum Gasteiger partial charge on any atom is 0.0164 e. The Balaban J connectivity index is 3.22. The highest BCUT2D eigenvalue weighted by Gasteiger charge is 1.97. The molecular weight excluding hydrogens is 122 g/mol. The van der Waals surface area contributed by atoms with E-state index in [9.17, 15) is 0 Å². The van der Waals surface area contributed by atoms with Crippen molar-refractivity contribution >= 4 is 0 Å². The van der Waals surface area contributed by atoms with E-state index >= 15 is 0 Å². The Morgan fingerprint density at radius 3 is 2.50 bits per heavy atom. The van der Waals surface area contributed by atoms with Gasteiger partial charge in [-0.15, -0.1) is 0 Å². The van der Waals surface area contributed by atoms with Gasteiger partial charge in [-0.05, 0) is 18.9 Å².